The van der Waals surface area contributed by atoms with Crippen molar-refractivity contribution in [2.24, 2.45) is 0 Å². The number of carbonyl (C=O) groups is 2. The second-order valence-electron chi connectivity index (χ2n) is 12.7. The topological polar surface area (TPSA) is 77.8 Å². The van der Waals surface area contributed by atoms with Crippen LogP contribution in [0.1, 0.15) is 94.6 Å². The summed E-state index contributed by atoms with van der Waals surface area (Å²) in [5.41, 5.74) is 5.36. The smallest absolute Gasteiger partial charge is 0.163 e. The second kappa shape index (κ2) is 19.1. The fourth-order valence-electron chi connectivity index (χ4n) is 6.60. The number of rotatable bonds is 15. The van der Waals surface area contributed by atoms with Gasteiger partial charge in [-0.1, -0.05) is 107 Å². The van der Waals surface area contributed by atoms with Gasteiger partial charge in [0.1, 0.15) is 12.0 Å². The van der Waals surface area contributed by atoms with Gasteiger partial charge >= 0.3 is 0 Å². The first-order valence-corrected chi connectivity index (χ1v) is 19.0. The largest absolute Gasteiger partial charge is 0.335 e. The van der Waals surface area contributed by atoms with Crippen LogP contribution in [0.15, 0.2) is 100 Å². The quantitative estimate of drug-likeness (QED) is 0.0436. The van der Waals surface area contributed by atoms with Crippen LogP contribution in [-0.4, -0.2) is 25.2 Å². The van der Waals surface area contributed by atoms with E-state index >= 15 is 0 Å². The standard InChI is InChI=1S/C42H45N3O2S.C2H6/c1-4-26-45-40(48-39-22-20-33-14-9-10-17-35(33)41(39)45)23-19-32(30-43)13-11-24-42(3,29-38(47)34-15-7-6-8-16-34)36-28-31(5-2)18-21-37(36)44-25-12-27-46;1-2/h6-8,11,13-23,27-28,44H,4-5,9-10,12,24-26,29H2,1-3H3;1-2H3/p+1/b13-11+,32-19-,40-23-;. The summed E-state index contributed by atoms with van der Waals surface area (Å²) in [4.78, 5) is 28.4. The first kappa shape index (κ1) is 38.4. The molecule has 6 heteroatoms. The number of Topliss-reactive ketones (excluding diaryl/α,β-unsaturated/α-hetero) is 1. The molecular weight excluding hydrogens is 635 g/mol. The van der Waals surface area contributed by atoms with Crippen molar-refractivity contribution in [2.45, 2.75) is 89.9 Å². The normalized spacial score (nSPS) is 15.6. The molecule has 0 fully saturated rings. The molecule has 50 heavy (non-hydrogen) atoms. The van der Waals surface area contributed by atoms with Crippen molar-refractivity contribution in [1.82, 2.24) is 0 Å². The van der Waals surface area contributed by atoms with Gasteiger partial charge in [0.2, 0.25) is 0 Å². The molecule has 0 amide bonds. The highest BCUT2D eigenvalue weighted by Crippen LogP contribution is 2.44. The van der Waals surface area contributed by atoms with Crippen molar-refractivity contribution in [2.75, 3.05) is 18.0 Å². The van der Waals surface area contributed by atoms with E-state index in [1.54, 1.807) is 11.8 Å². The second-order valence-corrected chi connectivity index (χ2v) is 13.8. The number of carbonyl (C=O) groups excluding carboxylic acids is 2. The predicted octanol–water partition coefficient (Wildman–Crippen LogP) is 8.20. The maximum Gasteiger partial charge on any atom is 0.163 e. The molecule has 0 spiro atoms. The molecule has 2 N–H and O–H groups in total. The molecular formula is C44H52N3O2S+. The molecule has 0 bridgehead atoms. The van der Waals surface area contributed by atoms with E-state index in [0.717, 1.165) is 54.8 Å². The SMILES string of the molecule is CC.CCCN1/C(=C/C=C(C#N)/C=C/CC(C)(CC(=O)c2ccccc2)c2cc(CC)ccc2[NH2+]CCC=O)Sc2ccc3c(c21)=CCCC=3. The lowest BCUT2D eigenvalue weighted by molar-refractivity contribution is -0.570. The third-order valence-corrected chi connectivity index (χ3v) is 10.3. The summed E-state index contributed by atoms with van der Waals surface area (Å²) in [6.45, 7) is 12.0. The Balaban J connectivity index is 0.00000276. The fourth-order valence-corrected chi connectivity index (χ4v) is 7.70. The first-order valence-electron chi connectivity index (χ1n) is 18.2. The molecule has 1 atom stereocenters. The summed E-state index contributed by atoms with van der Waals surface area (Å²) < 4.78 is 0. The Hall–Kier alpha value is -4.44. The Bertz CT molecular complexity index is 1900. The number of ketones is 1. The highest BCUT2D eigenvalue weighted by molar-refractivity contribution is 8.03. The molecule has 1 heterocycles. The van der Waals surface area contributed by atoms with Crippen molar-refractivity contribution >= 4 is 47.4 Å². The number of anilines is 1. The number of fused-ring (bicyclic) bond motifs is 3. The molecule has 1 aliphatic carbocycles. The van der Waals surface area contributed by atoms with Crippen LogP contribution in [0.3, 0.4) is 0 Å². The summed E-state index contributed by atoms with van der Waals surface area (Å²) in [7, 11) is 0. The van der Waals surface area contributed by atoms with Crippen LogP contribution >= 0.6 is 11.8 Å². The summed E-state index contributed by atoms with van der Waals surface area (Å²) in [6.07, 6.45) is 19.0. The number of nitriles is 1. The number of aldehydes is 1. The minimum atomic E-state index is -0.534. The minimum absolute atomic E-state index is 0.0823. The van der Waals surface area contributed by atoms with Gasteiger partial charge in [0.25, 0.3) is 0 Å². The van der Waals surface area contributed by atoms with Gasteiger partial charge in [-0.05, 0) is 79.3 Å². The Kier molecular flexibility index (Phi) is 14.6. The lowest BCUT2D eigenvalue weighted by Gasteiger charge is -2.30. The monoisotopic (exact) mass is 686 g/mol. The van der Waals surface area contributed by atoms with Crippen molar-refractivity contribution in [3.63, 3.8) is 0 Å². The van der Waals surface area contributed by atoms with E-state index in [4.69, 9.17) is 0 Å². The van der Waals surface area contributed by atoms with Gasteiger partial charge in [-0.15, -0.1) is 0 Å². The van der Waals surface area contributed by atoms with Gasteiger partial charge in [0.05, 0.1) is 35.3 Å². The predicted molar refractivity (Wildman–Crippen MR) is 210 cm³/mol. The Labute approximate surface area is 303 Å². The van der Waals surface area contributed by atoms with Gasteiger partial charge in [-0.25, -0.2) is 0 Å². The molecule has 1 aliphatic heterocycles. The molecule has 5 rings (SSSR count). The summed E-state index contributed by atoms with van der Waals surface area (Å²) in [5, 5.41) is 16.0. The van der Waals surface area contributed by atoms with E-state index in [2.05, 4.69) is 85.6 Å². The Morgan fingerprint density at radius 1 is 1.06 bits per heavy atom. The van der Waals surface area contributed by atoms with Crippen LogP contribution in [0.2, 0.25) is 0 Å². The molecule has 2 aliphatic rings. The highest BCUT2D eigenvalue weighted by Gasteiger charge is 2.33. The van der Waals surface area contributed by atoms with Gasteiger partial charge < -0.3 is 15.0 Å². The minimum Gasteiger partial charge on any atom is -0.335 e. The fraction of sp³-hybridized carbons (Fsp3) is 0.341. The number of benzene rings is 3. The van der Waals surface area contributed by atoms with Crippen LogP contribution in [0.25, 0.3) is 12.2 Å². The van der Waals surface area contributed by atoms with Crippen molar-refractivity contribution in [1.29, 1.82) is 5.26 Å². The maximum absolute atomic E-state index is 13.7. The number of nitrogens with two attached hydrogens (primary N) is 1. The first-order chi connectivity index (χ1) is 24.4. The molecule has 260 valence electrons. The summed E-state index contributed by atoms with van der Waals surface area (Å²) in [6, 6.07) is 22.8. The van der Waals surface area contributed by atoms with Crippen LogP contribution in [-0.2, 0) is 16.6 Å². The number of quaternary nitrogens is 1. The average molecular weight is 687 g/mol. The lowest BCUT2D eigenvalue weighted by Crippen LogP contribution is -2.78. The highest BCUT2D eigenvalue weighted by atomic mass is 32.2. The molecule has 0 aromatic heterocycles. The van der Waals surface area contributed by atoms with Gasteiger partial charge in [0.15, 0.2) is 5.78 Å². The number of thioether (sulfide) groups is 1. The lowest BCUT2D eigenvalue weighted by atomic mass is 9.73. The van der Waals surface area contributed by atoms with Gasteiger partial charge in [0, 0.05) is 39.6 Å². The molecule has 0 saturated carbocycles. The average Bonchev–Trinajstić information content (AvgIpc) is 3.52. The summed E-state index contributed by atoms with van der Waals surface area (Å²) in [5.74, 6) is 0.0823. The van der Waals surface area contributed by atoms with E-state index in [0.29, 0.717) is 36.9 Å². The number of nitrogens with zero attached hydrogens (tertiary/aromatic N) is 2. The molecule has 0 radical (unpaired) electrons. The van der Waals surface area contributed by atoms with E-state index in [1.807, 2.05) is 62.4 Å². The summed E-state index contributed by atoms with van der Waals surface area (Å²) >= 11 is 1.76. The van der Waals surface area contributed by atoms with Crippen LogP contribution < -0.4 is 20.7 Å². The zero-order chi connectivity index (χ0) is 35.9. The third kappa shape index (κ3) is 9.41. The van der Waals surface area contributed by atoms with Crippen LogP contribution in [0, 0.1) is 11.3 Å². The van der Waals surface area contributed by atoms with E-state index in [1.165, 1.54) is 26.6 Å². The zero-order valence-corrected chi connectivity index (χ0v) is 31.2. The van der Waals surface area contributed by atoms with E-state index in [9.17, 15) is 14.9 Å². The number of allylic oxidation sites excluding steroid dienone is 5. The molecule has 5 nitrogen and oxygen atoms in total. The number of hydrogen-bond donors (Lipinski definition) is 1. The van der Waals surface area contributed by atoms with E-state index in [-0.39, 0.29) is 5.78 Å². The van der Waals surface area contributed by atoms with Crippen molar-refractivity contribution < 1.29 is 14.9 Å². The Morgan fingerprint density at radius 3 is 2.56 bits per heavy atom. The van der Waals surface area contributed by atoms with Crippen molar-refractivity contribution in [3.8, 4) is 6.07 Å². The molecule has 1 unspecified atom stereocenters. The van der Waals surface area contributed by atoms with Crippen LogP contribution in [0.5, 0.6) is 0 Å². The number of aryl methyl sites for hydroxylation is 1. The molecule has 0 saturated heterocycles. The molecule has 3 aromatic rings. The van der Waals surface area contributed by atoms with Gasteiger partial charge in [-0.3, -0.25) is 4.79 Å². The zero-order valence-electron chi connectivity index (χ0n) is 30.4. The van der Waals surface area contributed by atoms with Crippen LogP contribution in [0.4, 0.5) is 11.4 Å². The molecule has 3 aromatic carbocycles. The van der Waals surface area contributed by atoms with Gasteiger partial charge in [-0.2, -0.15) is 5.26 Å². The Morgan fingerprint density at radius 2 is 1.84 bits per heavy atom. The third-order valence-electron chi connectivity index (χ3n) is 9.16. The maximum atomic E-state index is 13.7. The van der Waals surface area contributed by atoms with Crippen molar-refractivity contribution in [3.05, 3.63) is 123 Å². The van der Waals surface area contributed by atoms with E-state index < -0.39 is 5.41 Å². The number of hydrogen-bond acceptors (Lipinski definition) is 5.